The zero-order valence-corrected chi connectivity index (χ0v) is 9.41. The average Bonchev–Trinajstić information content (AvgIpc) is 2.58. The summed E-state index contributed by atoms with van der Waals surface area (Å²) < 4.78 is 5.47. The minimum Gasteiger partial charge on any atom is -0.486 e. The van der Waals surface area contributed by atoms with Gasteiger partial charge in [0.25, 0.3) is 0 Å². The molecule has 1 amide bonds. The van der Waals surface area contributed by atoms with E-state index in [2.05, 4.69) is 4.99 Å². The first kappa shape index (κ1) is 10.6. The Labute approximate surface area is 103 Å². The molecule has 0 radical (unpaired) electrons. The first-order valence-electron chi connectivity index (χ1n) is 5.45. The number of hydrogen-bond donors (Lipinski definition) is 1. The van der Waals surface area contributed by atoms with Gasteiger partial charge in [-0.15, -0.1) is 0 Å². The molecule has 0 unspecified atom stereocenters. The van der Waals surface area contributed by atoms with Gasteiger partial charge in [-0.3, -0.25) is 9.89 Å². The molecule has 2 heterocycles. The van der Waals surface area contributed by atoms with Crippen LogP contribution in [0, 0.1) is 0 Å². The molecule has 0 spiro atoms. The van der Waals surface area contributed by atoms with E-state index in [4.69, 9.17) is 9.84 Å². The Morgan fingerprint density at radius 3 is 2.72 bits per heavy atom. The van der Waals surface area contributed by atoms with Crippen LogP contribution in [0.5, 0.6) is 5.75 Å². The molecule has 2 aliphatic rings. The minimum absolute atomic E-state index is 0.465. The Kier molecular flexibility index (Phi) is 2.37. The second-order valence-corrected chi connectivity index (χ2v) is 3.89. The maximum absolute atomic E-state index is 10.9. The van der Waals surface area contributed by atoms with Gasteiger partial charge in [0, 0.05) is 18.6 Å². The van der Waals surface area contributed by atoms with Crippen molar-refractivity contribution in [3.63, 3.8) is 0 Å². The normalized spacial score (nSPS) is 15.7. The van der Waals surface area contributed by atoms with Crippen molar-refractivity contribution in [2.75, 3.05) is 6.61 Å². The largest absolute Gasteiger partial charge is 0.486 e. The maximum atomic E-state index is 10.9. The first-order valence-corrected chi connectivity index (χ1v) is 5.45. The van der Waals surface area contributed by atoms with Crippen molar-refractivity contribution in [3.8, 4) is 5.75 Å². The fourth-order valence-electron chi connectivity index (χ4n) is 1.87. The Hall–Kier alpha value is -2.56. The van der Waals surface area contributed by atoms with Crippen LogP contribution in [-0.2, 0) is 0 Å². The number of amides is 1. The van der Waals surface area contributed by atoms with E-state index in [1.165, 1.54) is 12.4 Å². The Balaban J connectivity index is 2.08. The third-order valence-corrected chi connectivity index (χ3v) is 2.76. The molecule has 0 aromatic heterocycles. The number of carbonyl (C=O) groups is 1. The molecule has 0 bridgehead atoms. The highest BCUT2D eigenvalue weighted by Crippen LogP contribution is 2.34. The molecule has 0 fully saturated rings. The molecule has 5 nitrogen and oxygen atoms in total. The van der Waals surface area contributed by atoms with Crippen molar-refractivity contribution in [2.24, 2.45) is 4.99 Å². The third-order valence-electron chi connectivity index (χ3n) is 2.76. The molecule has 3 rings (SSSR count). The van der Waals surface area contributed by atoms with Crippen LogP contribution in [0.1, 0.15) is 11.1 Å². The molecule has 0 saturated heterocycles. The van der Waals surface area contributed by atoms with Crippen LogP contribution in [0.3, 0.4) is 0 Å². The lowest BCUT2D eigenvalue weighted by atomic mass is 10.1. The molecule has 1 aromatic carbocycles. The van der Waals surface area contributed by atoms with Gasteiger partial charge in [-0.25, -0.2) is 4.79 Å². The summed E-state index contributed by atoms with van der Waals surface area (Å²) in [7, 11) is 0. The van der Waals surface area contributed by atoms with Gasteiger partial charge in [-0.05, 0) is 35.4 Å². The lowest BCUT2D eigenvalue weighted by Gasteiger charge is -2.13. The van der Waals surface area contributed by atoms with E-state index in [0.29, 0.717) is 6.61 Å². The van der Waals surface area contributed by atoms with Crippen LogP contribution < -0.4 is 4.74 Å². The second kappa shape index (κ2) is 4.03. The molecule has 90 valence electrons. The molecule has 1 N–H and O–H groups in total. The van der Waals surface area contributed by atoms with E-state index < -0.39 is 6.09 Å². The summed E-state index contributed by atoms with van der Waals surface area (Å²) in [5, 5.41) is 8.93. The number of fused-ring (bicyclic) bond motifs is 2. The number of hydrogen-bond acceptors (Lipinski definition) is 3. The van der Waals surface area contributed by atoms with Crippen LogP contribution in [0.4, 0.5) is 10.5 Å². The van der Waals surface area contributed by atoms with Crippen LogP contribution in [0.15, 0.2) is 29.5 Å². The average molecular weight is 242 g/mol. The number of aliphatic imine (C=N–C) groups is 1. The Morgan fingerprint density at radius 2 is 2.00 bits per heavy atom. The lowest BCUT2D eigenvalue weighted by Crippen LogP contribution is -2.15. The molecule has 0 aliphatic carbocycles. The second-order valence-electron chi connectivity index (χ2n) is 3.89. The van der Waals surface area contributed by atoms with Gasteiger partial charge in [0.15, 0.2) is 0 Å². The van der Waals surface area contributed by atoms with Crippen molar-refractivity contribution in [1.29, 1.82) is 0 Å². The number of benzene rings is 1. The molecule has 0 atom stereocenters. The van der Waals surface area contributed by atoms with E-state index in [-0.39, 0.29) is 0 Å². The monoisotopic (exact) mass is 242 g/mol. The van der Waals surface area contributed by atoms with Gasteiger partial charge in [0.1, 0.15) is 18.0 Å². The summed E-state index contributed by atoms with van der Waals surface area (Å²) in [5.74, 6) is 0.720. The topological polar surface area (TPSA) is 62.1 Å². The zero-order chi connectivity index (χ0) is 12.5. The Morgan fingerprint density at radius 1 is 1.28 bits per heavy atom. The van der Waals surface area contributed by atoms with Gasteiger partial charge >= 0.3 is 6.09 Å². The van der Waals surface area contributed by atoms with E-state index in [0.717, 1.165) is 27.5 Å². The lowest BCUT2D eigenvalue weighted by molar-refractivity contribution is 0.176. The fourth-order valence-corrected chi connectivity index (χ4v) is 1.87. The number of carboxylic acid groups (broad SMARTS) is 1. The van der Waals surface area contributed by atoms with Crippen molar-refractivity contribution in [1.82, 2.24) is 4.90 Å². The van der Waals surface area contributed by atoms with Gasteiger partial charge < -0.3 is 9.84 Å². The molecule has 2 aliphatic heterocycles. The van der Waals surface area contributed by atoms with Gasteiger partial charge in [0.05, 0.1) is 0 Å². The third kappa shape index (κ3) is 1.75. The summed E-state index contributed by atoms with van der Waals surface area (Å²) in [5.41, 5.74) is 2.59. The van der Waals surface area contributed by atoms with Gasteiger partial charge in [-0.1, -0.05) is 0 Å². The van der Waals surface area contributed by atoms with E-state index in [1.807, 2.05) is 12.1 Å². The van der Waals surface area contributed by atoms with Gasteiger partial charge in [0.2, 0.25) is 0 Å². The van der Waals surface area contributed by atoms with Gasteiger partial charge in [-0.2, -0.15) is 0 Å². The van der Waals surface area contributed by atoms with Crippen molar-refractivity contribution in [3.05, 3.63) is 35.7 Å². The zero-order valence-electron chi connectivity index (χ0n) is 9.41. The Bertz CT molecular complexity index is 602. The number of ether oxygens (including phenoxy) is 1. The van der Waals surface area contributed by atoms with Crippen LogP contribution in [-0.4, -0.2) is 28.9 Å². The summed E-state index contributed by atoms with van der Waals surface area (Å²) in [6.07, 6.45) is 7.18. The first-order chi connectivity index (χ1) is 8.74. The summed E-state index contributed by atoms with van der Waals surface area (Å²) in [6, 6.07) is 3.75. The van der Waals surface area contributed by atoms with E-state index in [9.17, 15) is 4.79 Å². The fraction of sp³-hybridized carbons (Fsp3) is 0.0769. The predicted octanol–water partition coefficient (Wildman–Crippen LogP) is 2.72. The molecule has 1 aromatic rings. The quantitative estimate of drug-likeness (QED) is 0.760. The highest BCUT2D eigenvalue weighted by Gasteiger charge is 2.13. The van der Waals surface area contributed by atoms with Crippen LogP contribution in [0.25, 0.3) is 12.2 Å². The van der Waals surface area contributed by atoms with Crippen LogP contribution >= 0.6 is 0 Å². The number of nitrogens with zero attached hydrogens (tertiary/aromatic N) is 2. The summed E-state index contributed by atoms with van der Waals surface area (Å²) in [4.78, 5) is 16.2. The summed E-state index contributed by atoms with van der Waals surface area (Å²) in [6.45, 7) is 0.465. The number of rotatable bonds is 0. The molecular formula is C13H10N2O3. The van der Waals surface area contributed by atoms with Crippen molar-refractivity contribution < 1.29 is 14.6 Å². The van der Waals surface area contributed by atoms with E-state index >= 15 is 0 Å². The van der Waals surface area contributed by atoms with Crippen molar-refractivity contribution >= 4 is 30.1 Å². The molecular weight excluding hydrogens is 232 g/mol. The van der Waals surface area contributed by atoms with E-state index in [1.54, 1.807) is 18.4 Å². The minimum atomic E-state index is -1.02. The predicted molar refractivity (Wildman–Crippen MR) is 68.0 cm³/mol. The molecule has 18 heavy (non-hydrogen) atoms. The highest BCUT2D eigenvalue weighted by molar-refractivity contribution is 5.80. The van der Waals surface area contributed by atoms with Crippen LogP contribution in [0.2, 0.25) is 0 Å². The maximum Gasteiger partial charge on any atom is 0.415 e. The molecule has 0 saturated carbocycles. The SMILES string of the molecule is O=C(O)N1C=Cc2cc3c(cc2C=C1)OCC=N3. The standard InChI is InChI=1S/C13H10N2O3/c16-13(17)15-4-1-9-7-11-12(18-6-3-14-11)8-10(9)2-5-15/h1-5,7-8H,6H2,(H,16,17). The van der Waals surface area contributed by atoms with Crippen molar-refractivity contribution in [2.45, 2.75) is 0 Å². The highest BCUT2D eigenvalue weighted by atomic mass is 16.5. The smallest absolute Gasteiger partial charge is 0.415 e. The summed E-state index contributed by atoms with van der Waals surface area (Å²) >= 11 is 0. The molecule has 5 heteroatoms.